The maximum absolute atomic E-state index is 5.45. The van der Waals surface area contributed by atoms with Crippen molar-refractivity contribution in [3.63, 3.8) is 0 Å². The Hall–Kier alpha value is -1.88. The van der Waals surface area contributed by atoms with Crippen molar-refractivity contribution in [3.05, 3.63) is 30.5 Å². The number of nitrogens with zero attached hydrogens (tertiary/aromatic N) is 3. The highest BCUT2D eigenvalue weighted by atomic mass is 16.5. The number of rotatable bonds is 4. The van der Waals surface area contributed by atoms with Gasteiger partial charge in [-0.3, -0.25) is 4.68 Å². The summed E-state index contributed by atoms with van der Waals surface area (Å²) < 4.78 is 6.89. The number of hydrogen-bond donors (Lipinski definition) is 1. The Balaban J connectivity index is 2.27. The molecule has 0 aliphatic heterocycles. The molecule has 0 bridgehead atoms. The average Bonchev–Trinajstić information content (AvgIpc) is 2.78. The zero-order valence-electron chi connectivity index (χ0n) is 9.13. The van der Waals surface area contributed by atoms with Gasteiger partial charge in [0.15, 0.2) is 0 Å². The molecular weight excluding hydrogens is 204 g/mol. The van der Waals surface area contributed by atoms with E-state index in [0.29, 0.717) is 13.1 Å². The number of benzene rings is 1. The molecule has 0 amide bonds. The van der Waals surface area contributed by atoms with Crippen LogP contribution in [0, 0.1) is 0 Å². The Morgan fingerprint density at radius 1 is 1.44 bits per heavy atom. The van der Waals surface area contributed by atoms with E-state index in [1.54, 1.807) is 11.8 Å². The third kappa shape index (κ3) is 2.20. The number of ether oxygens (including phenoxy) is 1. The van der Waals surface area contributed by atoms with E-state index in [9.17, 15) is 0 Å². The van der Waals surface area contributed by atoms with Gasteiger partial charge in [-0.2, -0.15) is 0 Å². The fourth-order valence-electron chi connectivity index (χ4n) is 1.45. The molecule has 0 spiro atoms. The third-order valence-electron chi connectivity index (χ3n) is 2.26. The van der Waals surface area contributed by atoms with Gasteiger partial charge in [0.1, 0.15) is 11.4 Å². The summed E-state index contributed by atoms with van der Waals surface area (Å²) in [6, 6.07) is 7.72. The maximum atomic E-state index is 5.45. The summed E-state index contributed by atoms with van der Waals surface area (Å²) in [5, 5.41) is 8.07. The molecule has 0 fully saturated rings. The lowest BCUT2D eigenvalue weighted by Crippen LogP contribution is -2.10. The Morgan fingerprint density at radius 2 is 2.31 bits per heavy atom. The number of nitrogens with two attached hydrogens (primary N) is 1. The fraction of sp³-hybridized carbons (Fsp3) is 0.273. The summed E-state index contributed by atoms with van der Waals surface area (Å²) in [6.07, 6.45) is 1.88. The minimum absolute atomic E-state index is 0.556. The van der Waals surface area contributed by atoms with Gasteiger partial charge in [0.25, 0.3) is 0 Å². The van der Waals surface area contributed by atoms with Crippen LogP contribution in [-0.4, -0.2) is 28.6 Å². The Labute approximate surface area is 93.8 Å². The minimum Gasteiger partial charge on any atom is -0.497 e. The highest BCUT2D eigenvalue weighted by Crippen LogP contribution is 2.21. The van der Waals surface area contributed by atoms with Crippen molar-refractivity contribution < 1.29 is 4.74 Å². The van der Waals surface area contributed by atoms with E-state index < -0.39 is 0 Å². The molecule has 0 unspecified atom stereocenters. The lowest BCUT2D eigenvalue weighted by atomic mass is 10.1. The van der Waals surface area contributed by atoms with Gasteiger partial charge in [0.2, 0.25) is 0 Å². The molecular formula is C11H14N4O. The van der Waals surface area contributed by atoms with Crippen molar-refractivity contribution in [2.75, 3.05) is 13.7 Å². The second kappa shape index (κ2) is 4.76. The Bertz CT molecular complexity index is 467. The normalized spacial score (nSPS) is 10.4. The average molecular weight is 218 g/mol. The molecule has 2 aromatic rings. The van der Waals surface area contributed by atoms with Gasteiger partial charge in [0, 0.05) is 12.1 Å². The Kier molecular flexibility index (Phi) is 3.16. The lowest BCUT2D eigenvalue weighted by molar-refractivity contribution is 0.415. The smallest absolute Gasteiger partial charge is 0.119 e. The van der Waals surface area contributed by atoms with Crippen LogP contribution in [0.1, 0.15) is 0 Å². The molecule has 5 heteroatoms. The highest BCUT2D eigenvalue weighted by Gasteiger charge is 2.04. The summed E-state index contributed by atoms with van der Waals surface area (Å²) in [7, 11) is 1.64. The van der Waals surface area contributed by atoms with E-state index in [4.69, 9.17) is 10.5 Å². The predicted molar refractivity (Wildman–Crippen MR) is 61.1 cm³/mol. The van der Waals surface area contributed by atoms with Crippen LogP contribution in [-0.2, 0) is 6.54 Å². The van der Waals surface area contributed by atoms with Crippen LogP contribution in [0.4, 0.5) is 0 Å². The summed E-state index contributed by atoms with van der Waals surface area (Å²) in [5.41, 5.74) is 7.26. The van der Waals surface area contributed by atoms with Gasteiger partial charge in [-0.05, 0) is 12.1 Å². The molecule has 0 aliphatic rings. The monoisotopic (exact) mass is 218 g/mol. The van der Waals surface area contributed by atoms with Crippen LogP contribution in [0.5, 0.6) is 5.75 Å². The van der Waals surface area contributed by atoms with E-state index in [-0.39, 0.29) is 0 Å². The zero-order chi connectivity index (χ0) is 11.4. The topological polar surface area (TPSA) is 66.0 Å². The molecule has 84 valence electrons. The van der Waals surface area contributed by atoms with Crippen molar-refractivity contribution in [1.82, 2.24) is 15.0 Å². The van der Waals surface area contributed by atoms with E-state index in [1.165, 1.54) is 0 Å². The summed E-state index contributed by atoms with van der Waals surface area (Å²) in [5.74, 6) is 0.811. The molecule has 16 heavy (non-hydrogen) atoms. The van der Waals surface area contributed by atoms with Gasteiger partial charge in [-0.15, -0.1) is 5.10 Å². The molecule has 1 heterocycles. The zero-order valence-corrected chi connectivity index (χ0v) is 9.13. The lowest BCUT2D eigenvalue weighted by Gasteiger charge is -2.00. The van der Waals surface area contributed by atoms with Crippen molar-refractivity contribution in [2.45, 2.75) is 6.54 Å². The van der Waals surface area contributed by atoms with Crippen molar-refractivity contribution >= 4 is 0 Å². The van der Waals surface area contributed by atoms with Crippen LogP contribution in [0.15, 0.2) is 30.5 Å². The number of methoxy groups -OCH3 is 1. The second-order valence-corrected chi connectivity index (χ2v) is 3.39. The third-order valence-corrected chi connectivity index (χ3v) is 2.26. The maximum Gasteiger partial charge on any atom is 0.119 e. The van der Waals surface area contributed by atoms with Gasteiger partial charge in [-0.1, -0.05) is 17.3 Å². The SMILES string of the molecule is COc1cccc(-c2cn(CCN)nn2)c1. The van der Waals surface area contributed by atoms with Gasteiger partial charge in [0.05, 0.1) is 19.9 Å². The highest BCUT2D eigenvalue weighted by molar-refractivity contribution is 5.59. The summed E-state index contributed by atoms with van der Waals surface area (Å²) in [4.78, 5) is 0. The van der Waals surface area contributed by atoms with E-state index in [2.05, 4.69) is 10.3 Å². The van der Waals surface area contributed by atoms with Crippen molar-refractivity contribution in [2.24, 2.45) is 5.73 Å². The molecule has 0 radical (unpaired) electrons. The van der Waals surface area contributed by atoms with E-state index in [1.807, 2.05) is 30.5 Å². The molecule has 2 rings (SSSR count). The first-order chi connectivity index (χ1) is 7.83. The second-order valence-electron chi connectivity index (χ2n) is 3.39. The molecule has 1 aromatic heterocycles. The molecule has 0 saturated heterocycles. The van der Waals surface area contributed by atoms with Crippen LogP contribution >= 0.6 is 0 Å². The molecule has 5 nitrogen and oxygen atoms in total. The van der Waals surface area contributed by atoms with Gasteiger partial charge >= 0.3 is 0 Å². The molecule has 0 saturated carbocycles. The standard InChI is InChI=1S/C11H14N4O/c1-16-10-4-2-3-9(7-10)11-8-15(6-5-12)14-13-11/h2-4,7-8H,5-6,12H2,1H3. The quantitative estimate of drug-likeness (QED) is 0.828. The first kappa shape index (κ1) is 10.6. The van der Waals surface area contributed by atoms with Crippen LogP contribution in [0.3, 0.4) is 0 Å². The first-order valence-corrected chi connectivity index (χ1v) is 5.08. The van der Waals surface area contributed by atoms with Crippen LogP contribution in [0.25, 0.3) is 11.3 Å². The molecule has 2 N–H and O–H groups in total. The molecule has 0 aliphatic carbocycles. The summed E-state index contributed by atoms with van der Waals surface area (Å²) >= 11 is 0. The van der Waals surface area contributed by atoms with Gasteiger partial charge in [-0.25, -0.2) is 0 Å². The molecule has 0 atom stereocenters. The van der Waals surface area contributed by atoms with Crippen LogP contribution in [0.2, 0.25) is 0 Å². The molecule has 1 aromatic carbocycles. The van der Waals surface area contributed by atoms with E-state index >= 15 is 0 Å². The van der Waals surface area contributed by atoms with E-state index in [0.717, 1.165) is 17.0 Å². The number of hydrogen-bond acceptors (Lipinski definition) is 4. The Morgan fingerprint density at radius 3 is 3.06 bits per heavy atom. The largest absolute Gasteiger partial charge is 0.497 e. The predicted octanol–water partition coefficient (Wildman–Crippen LogP) is 0.912. The van der Waals surface area contributed by atoms with Crippen molar-refractivity contribution in [1.29, 1.82) is 0 Å². The van der Waals surface area contributed by atoms with Crippen molar-refractivity contribution in [3.8, 4) is 17.0 Å². The fourth-order valence-corrected chi connectivity index (χ4v) is 1.45. The van der Waals surface area contributed by atoms with Crippen LogP contribution < -0.4 is 10.5 Å². The minimum atomic E-state index is 0.556. The number of aromatic nitrogens is 3. The summed E-state index contributed by atoms with van der Waals surface area (Å²) in [6.45, 7) is 1.23. The first-order valence-electron chi connectivity index (χ1n) is 5.08. The van der Waals surface area contributed by atoms with Gasteiger partial charge < -0.3 is 10.5 Å².